The highest BCUT2D eigenvalue weighted by Gasteiger charge is 2.13. The number of hydrogen-bond donors (Lipinski definition) is 2. The van der Waals surface area contributed by atoms with Crippen LogP contribution in [0.1, 0.15) is 30.9 Å². The maximum atomic E-state index is 11.9. The Labute approximate surface area is 112 Å². The number of nitrogens with zero attached hydrogens (tertiary/aromatic N) is 2. The summed E-state index contributed by atoms with van der Waals surface area (Å²) < 4.78 is 0. The summed E-state index contributed by atoms with van der Waals surface area (Å²) in [6.07, 6.45) is 1.52. The molecule has 5 heteroatoms. The van der Waals surface area contributed by atoms with Gasteiger partial charge in [0.15, 0.2) is 0 Å². The lowest BCUT2D eigenvalue weighted by atomic mass is 10.0. The summed E-state index contributed by atoms with van der Waals surface area (Å²) in [7, 11) is 0. The second-order valence-electron chi connectivity index (χ2n) is 4.31. The SMILES string of the molecule is CC(CCCN)C(=O)Nc1ccc(C#N)c(C#N)c1. The van der Waals surface area contributed by atoms with Crippen molar-refractivity contribution < 1.29 is 4.79 Å². The summed E-state index contributed by atoms with van der Waals surface area (Å²) >= 11 is 0. The molecule has 1 aromatic rings. The Hall–Kier alpha value is -2.37. The van der Waals surface area contributed by atoms with Crippen LogP contribution in [0.2, 0.25) is 0 Å². The third kappa shape index (κ3) is 4.09. The van der Waals surface area contributed by atoms with Crippen LogP contribution < -0.4 is 11.1 Å². The van der Waals surface area contributed by atoms with Crippen molar-refractivity contribution in [1.29, 1.82) is 10.5 Å². The van der Waals surface area contributed by atoms with Crippen molar-refractivity contribution in [2.24, 2.45) is 11.7 Å². The molecule has 0 radical (unpaired) electrons. The lowest BCUT2D eigenvalue weighted by Gasteiger charge is -2.12. The van der Waals surface area contributed by atoms with Crippen molar-refractivity contribution in [2.75, 3.05) is 11.9 Å². The molecule has 0 fully saturated rings. The Morgan fingerprint density at radius 2 is 2.05 bits per heavy atom. The molecule has 1 unspecified atom stereocenters. The van der Waals surface area contributed by atoms with E-state index >= 15 is 0 Å². The zero-order valence-electron chi connectivity index (χ0n) is 10.8. The zero-order chi connectivity index (χ0) is 14.3. The molecule has 0 aliphatic rings. The summed E-state index contributed by atoms with van der Waals surface area (Å²) in [6, 6.07) is 8.51. The molecule has 0 saturated carbocycles. The third-order valence-electron chi connectivity index (χ3n) is 2.82. The molecule has 19 heavy (non-hydrogen) atoms. The number of nitrogens with one attached hydrogen (secondary N) is 1. The topological polar surface area (TPSA) is 103 Å². The Morgan fingerprint density at radius 3 is 2.63 bits per heavy atom. The van der Waals surface area contributed by atoms with Gasteiger partial charge >= 0.3 is 0 Å². The van der Waals surface area contributed by atoms with Crippen LogP contribution in [-0.2, 0) is 4.79 Å². The van der Waals surface area contributed by atoms with Crippen LogP contribution in [0.25, 0.3) is 0 Å². The molecule has 0 spiro atoms. The number of carbonyl (C=O) groups is 1. The number of benzene rings is 1. The van der Waals surface area contributed by atoms with Crippen molar-refractivity contribution in [2.45, 2.75) is 19.8 Å². The first kappa shape index (κ1) is 14.7. The van der Waals surface area contributed by atoms with E-state index in [0.717, 1.165) is 12.8 Å². The van der Waals surface area contributed by atoms with Gasteiger partial charge in [0.2, 0.25) is 5.91 Å². The summed E-state index contributed by atoms with van der Waals surface area (Å²) in [5.41, 5.74) is 6.49. The van der Waals surface area contributed by atoms with E-state index in [1.807, 2.05) is 19.1 Å². The van der Waals surface area contributed by atoms with Gasteiger partial charge < -0.3 is 11.1 Å². The lowest BCUT2D eigenvalue weighted by molar-refractivity contribution is -0.119. The number of anilines is 1. The van der Waals surface area contributed by atoms with E-state index in [9.17, 15) is 4.79 Å². The molecule has 0 saturated heterocycles. The van der Waals surface area contributed by atoms with Crippen molar-refractivity contribution in [3.8, 4) is 12.1 Å². The molecule has 1 rings (SSSR count). The van der Waals surface area contributed by atoms with Gasteiger partial charge in [0.1, 0.15) is 12.1 Å². The van der Waals surface area contributed by atoms with Crippen molar-refractivity contribution >= 4 is 11.6 Å². The first-order chi connectivity index (χ1) is 9.12. The lowest BCUT2D eigenvalue weighted by Crippen LogP contribution is -2.21. The van der Waals surface area contributed by atoms with E-state index in [1.165, 1.54) is 12.1 Å². The Morgan fingerprint density at radius 1 is 1.37 bits per heavy atom. The minimum Gasteiger partial charge on any atom is -0.330 e. The van der Waals surface area contributed by atoms with E-state index in [4.69, 9.17) is 16.3 Å². The molecule has 1 atom stereocenters. The standard InChI is InChI=1S/C14H16N4O/c1-10(3-2-6-15)14(19)18-13-5-4-11(8-16)12(7-13)9-17/h4-5,7,10H,2-3,6,15H2,1H3,(H,18,19). The number of nitrogens with two attached hydrogens (primary N) is 1. The molecule has 0 aliphatic carbocycles. The largest absolute Gasteiger partial charge is 0.330 e. The van der Waals surface area contributed by atoms with E-state index in [2.05, 4.69) is 5.32 Å². The van der Waals surface area contributed by atoms with Crippen molar-refractivity contribution in [3.05, 3.63) is 29.3 Å². The van der Waals surface area contributed by atoms with E-state index in [1.54, 1.807) is 6.07 Å². The second-order valence-corrected chi connectivity index (χ2v) is 4.31. The van der Waals surface area contributed by atoms with E-state index < -0.39 is 0 Å². The molecular weight excluding hydrogens is 240 g/mol. The minimum atomic E-state index is -0.135. The summed E-state index contributed by atoms with van der Waals surface area (Å²) in [6.45, 7) is 2.40. The van der Waals surface area contributed by atoms with Crippen LogP contribution >= 0.6 is 0 Å². The van der Waals surface area contributed by atoms with Crippen LogP contribution in [0.5, 0.6) is 0 Å². The normalized spacial score (nSPS) is 11.2. The molecule has 5 nitrogen and oxygen atoms in total. The number of nitriles is 2. The van der Waals surface area contributed by atoms with Gasteiger partial charge in [-0.05, 0) is 37.6 Å². The number of hydrogen-bond acceptors (Lipinski definition) is 4. The molecule has 98 valence electrons. The summed E-state index contributed by atoms with van der Waals surface area (Å²) in [4.78, 5) is 11.9. The Bertz CT molecular complexity index is 539. The van der Waals surface area contributed by atoms with Gasteiger partial charge in [-0.25, -0.2) is 0 Å². The van der Waals surface area contributed by atoms with Crippen LogP contribution in [0, 0.1) is 28.6 Å². The van der Waals surface area contributed by atoms with Gasteiger partial charge in [-0.3, -0.25) is 4.79 Å². The minimum absolute atomic E-state index is 0.109. The molecule has 0 heterocycles. The van der Waals surface area contributed by atoms with Crippen LogP contribution in [-0.4, -0.2) is 12.5 Å². The molecule has 0 aromatic heterocycles. The number of rotatable bonds is 5. The molecule has 1 amide bonds. The van der Waals surface area contributed by atoms with Gasteiger partial charge in [0.25, 0.3) is 0 Å². The van der Waals surface area contributed by atoms with Crippen LogP contribution in [0.15, 0.2) is 18.2 Å². The monoisotopic (exact) mass is 256 g/mol. The third-order valence-corrected chi connectivity index (χ3v) is 2.82. The first-order valence-corrected chi connectivity index (χ1v) is 6.07. The van der Waals surface area contributed by atoms with Gasteiger partial charge in [-0.1, -0.05) is 6.92 Å². The van der Waals surface area contributed by atoms with Crippen LogP contribution in [0.3, 0.4) is 0 Å². The van der Waals surface area contributed by atoms with Gasteiger partial charge in [0, 0.05) is 11.6 Å². The highest BCUT2D eigenvalue weighted by molar-refractivity contribution is 5.92. The summed E-state index contributed by atoms with van der Waals surface area (Å²) in [5, 5.41) is 20.4. The summed E-state index contributed by atoms with van der Waals surface area (Å²) in [5.74, 6) is -0.244. The Kier molecular flexibility index (Phi) is 5.53. The quantitative estimate of drug-likeness (QED) is 0.837. The smallest absolute Gasteiger partial charge is 0.227 e. The first-order valence-electron chi connectivity index (χ1n) is 6.07. The van der Waals surface area contributed by atoms with Gasteiger partial charge in [0.05, 0.1) is 11.1 Å². The molecule has 0 aliphatic heterocycles. The molecule has 1 aromatic carbocycles. The van der Waals surface area contributed by atoms with E-state index in [0.29, 0.717) is 17.8 Å². The average Bonchev–Trinajstić information content (AvgIpc) is 2.44. The van der Waals surface area contributed by atoms with E-state index in [-0.39, 0.29) is 17.4 Å². The maximum absolute atomic E-state index is 11.9. The number of amides is 1. The van der Waals surface area contributed by atoms with Gasteiger partial charge in [-0.15, -0.1) is 0 Å². The molecular formula is C14H16N4O. The second kappa shape index (κ2) is 7.15. The zero-order valence-corrected chi connectivity index (χ0v) is 10.8. The van der Waals surface area contributed by atoms with Gasteiger partial charge in [-0.2, -0.15) is 10.5 Å². The molecule has 0 bridgehead atoms. The highest BCUT2D eigenvalue weighted by Crippen LogP contribution is 2.16. The fourth-order valence-corrected chi connectivity index (χ4v) is 1.63. The predicted octanol–water partition coefficient (Wildman–Crippen LogP) is 1.74. The fraction of sp³-hybridized carbons (Fsp3) is 0.357. The maximum Gasteiger partial charge on any atom is 0.227 e. The average molecular weight is 256 g/mol. The van der Waals surface area contributed by atoms with Crippen molar-refractivity contribution in [1.82, 2.24) is 0 Å². The predicted molar refractivity (Wildman–Crippen MR) is 72.0 cm³/mol. The van der Waals surface area contributed by atoms with Crippen LogP contribution in [0.4, 0.5) is 5.69 Å². The number of carbonyl (C=O) groups excluding carboxylic acids is 1. The fourth-order valence-electron chi connectivity index (χ4n) is 1.63. The highest BCUT2D eigenvalue weighted by atomic mass is 16.1. The molecule has 3 N–H and O–H groups in total. The Balaban J connectivity index is 2.76. The van der Waals surface area contributed by atoms with Crippen molar-refractivity contribution in [3.63, 3.8) is 0 Å².